The molecule has 3 heteroatoms. The summed E-state index contributed by atoms with van der Waals surface area (Å²) in [5.41, 5.74) is 2.28. The number of thiophene rings is 1. The first-order valence-electron chi connectivity index (χ1n) is 5.69. The molecule has 90 valence electrons. The van der Waals surface area contributed by atoms with Crippen LogP contribution >= 0.6 is 11.3 Å². The summed E-state index contributed by atoms with van der Waals surface area (Å²) < 4.78 is 0. The molecule has 1 atom stereocenters. The van der Waals surface area contributed by atoms with Crippen LogP contribution in [0.1, 0.15) is 21.4 Å². The lowest BCUT2D eigenvalue weighted by molar-refractivity contribution is 0.278. The molecule has 1 aromatic heterocycles. The van der Waals surface area contributed by atoms with Crippen LogP contribution in [0.5, 0.6) is 0 Å². The van der Waals surface area contributed by atoms with Gasteiger partial charge in [-0.15, -0.1) is 11.3 Å². The van der Waals surface area contributed by atoms with Crippen molar-refractivity contribution < 1.29 is 5.11 Å². The second-order valence-corrected chi connectivity index (χ2v) is 5.51. The zero-order valence-electron chi connectivity index (χ0n) is 10.1. The van der Waals surface area contributed by atoms with E-state index in [4.69, 9.17) is 0 Å². The van der Waals surface area contributed by atoms with Crippen molar-refractivity contribution in [3.05, 3.63) is 51.7 Å². The fraction of sp³-hybridized carbons (Fsp3) is 0.286. The van der Waals surface area contributed by atoms with E-state index in [9.17, 15) is 5.11 Å². The molecule has 2 nitrogen and oxygen atoms in total. The molecule has 2 N–H and O–H groups in total. The SMILES string of the molecule is Cc1ccc(NC(CO)c2ccc(C)s2)cc1. The molecule has 0 spiro atoms. The fourth-order valence-electron chi connectivity index (χ4n) is 1.70. The first-order chi connectivity index (χ1) is 8.19. The average Bonchev–Trinajstić information content (AvgIpc) is 2.75. The van der Waals surface area contributed by atoms with E-state index in [0.29, 0.717) is 0 Å². The lowest BCUT2D eigenvalue weighted by Crippen LogP contribution is -2.13. The molecule has 0 bridgehead atoms. The highest BCUT2D eigenvalue weighted by Crippen LogP contribution is 2.25. The largest absolute Gasteiger partial charge is 0.394 e. The third kappa shape index (κ3) is 3.08. The van der Waals surface area contributed by atoms with Crippen molar-refractivity contribution in [2.75, 3.05) is 11.9 Å². The van der Waals surface area contributed by atoms with Crippen molar-refractivity contribution in [2.24, 2.45) is 0 Å². The molecule has 0 radical (unpaired) electrons. The summed E-state index contributed by atoms with van der Waals surface area (Å²) in [6.45, 7) is 4.25. The quantitative estimate of drug-likeness (QED) is 0.866. The highest BCUT2D eigenvalue weighted by Gasteiger charge is 2.11. The molecule has 0 aliphatic heterocycles. The normalized spacial score (nSPS) is 12.4. The number of nitrogens with one attached hydrogen (secondary N) is 1. The maximum atomic E-state index is 9.45. The van der Waals surface area contributed by atoms with Gasteiger partial charge < -0.3 is 10.4 Å². The molecule has 0 aliphatic carbocycles. The van der Waals surface area contributed by atoms with E-state index < -0.39 is 0 Å². The van der Waals surface area contributed by atoms with Crippen molar-refractivity contribution in [3.63, 3.8) is 0 Å². The number of aliphatic hydroxyl groups is 1. The zero-order chi connectivity index (χ0) is 12.3. The van der Waals surface area contributed by atoms with Crippen molar-refractivity contribution in [1.82, 2.24) is 0 Å². The number of aryl methyl sites for hydroxylation is 2. The first-order valence-corrected chi connectivity index (χ1v) is 6.51. The van der Waals surface area contributed by atoms with Gasteiger partial charge in [0, 0.05) is 15.4 Å². The van der Waals surface area contributed by atoms with E-state index in [0.717, 1.165) is 5.69 Å². The maximum Gasteiger partial charge on any atom is 0.0837 e. The summed E-state index contributed by atoms with van der Waals surface area (Å²) in [4.78, 5) is 2.44. The lowest BCUT2D eigenvalue weighted by atomic mass is 10.2. The molecule has 17 heavy (non-hydrogen) atoms. The van der Waals surface area contributed by atoms with Gasteiger partial charge in [-0.1, -0.05) is 17.7 Å². The Morgan fingerprint density at radius 2 is 1.82 bits per heavy atom. The minimum absolute atomic E-state index is 0.0172. The predicted octanol–water partition coefficient (Wildman–Crippen LogP) is 3.51. The lowest BCUT2D eigenvalue weighted by Gasteiger charge is -2.16. The van der Waals surface area contributed by atoms with Gasteiger partial charge in [-0.25, -0.2) is 0 Å². The minimum atomic E-state index is -0.0172. The first kappa shape index (κ1) is 12.1. The molecule has 1 aromatic carbocycles. The Hall–Kier alpha value is -1.32. The van der Waals surface area contributed by atoms with Gasteiger partial charge in [-0.05, 0) is 38.1 Å². The number of hydrogen-bond donors (Lipinski definition) is 2. The van der Waals surface area contributed by atoms with Crippen LogP contribution in [0.15, 0.2) is 36.4 Å². The van der Waals surface area contributed by atoms with Gasteiger partial charge in [0.1, 0.15) is 0 Å². The molecule has 1 heterocycles. The van der Waals surface area contributed by atoms with E-state index in [1.165, 1.54) is 15.3 Å². The van der Waals surface area contributed by atoms with E-state index in [1.807, 2.05) is 12.1 Å². The van der Waals surface area contributed by atoms with Gasteiger partial charge in [-0.3, -0.25) is 0 Å². The Morgan fingerprint density at radius 1 is 1.12 bits per heavy atom. The Kier molecular flexibility index (Phi) is 3.82. The van der Waals surface area contributed by atoms with Crippen LogP contribution in [-0.4, -0.2) is 11.7 Å². The predicted molar refractivity (Wildman–Crippen MR) is 73.7 cm³/mol. The summed E-state index contributed by atoms with van der Waals surface area (Å²) in [7, 11) is 0. The molecule has 0 amide bonds. The molecular formula is C14H17NOS. The van der Waals surface area contributed by atoms with Gasteiger partial charge in [0.25, 0.3) is 0 Å². The highest BCUT2D eigenvalue weighted by atomic mass is 32.1. The second-order valence-electron chi connectivity index (χ2n) is 4.19. The van der Waals surface area contributed by atoms with Crippen molar-refractivity contribution >= 4 is 17.0 Å². The molecule has 2 aromatic rings. The number of hydrogen-bond acceptors (Lipinski definition) is 3. The van der Waals surface area contributed by atoms with Crippen LogP contribution in [-0.2, 0) is 0 Å². The summed E-state index contributed by atoms with van der Waals surface area (Å²) >= 11 is 1.72. The minimum Gasteiger partial charge on any atom is -0.394 e. The molecule has 0 saturated carbocycles. The maximum absolute atomic E-state index is 9.45. The van der Waals surface area contributed by atoms with Crippen LogP contribution in [0, 0.1) is 13.8 Å². The number of benzene rings is 1. The monoisotopic (exact) mass is 247 g/mol. The zero-order valence-corrected chi connectivity index (χ0v) is 10.9. The highest BCUT2D eigenvalue weighted by molar-refractivity contribution is 7.12. The Balaban J connectivity index is 2.12. The van der Waals surface area contributed by atoms with Crippen molar-refractivity contribution in [2.45, 2.75) is 19.9 Å². The van der Waals surface area contributed by atoms with Gasteiger partial charge >= 0.3 is 0 Å². The van der Waals surface area contributed by atoms with E-state index >= 15 is 0 Å². The molecule has 0 saturated heterocycles. The third-order valence-electron chi connectivity index (χ3n) is 2.68. The van der Waals surface area contributed by atoms with Gasteiger partial charge in [0.15, 0.2) is 0 Å². The van der Waals surface area contributed by atoms with Crippen LogP contribution in [0.25, 0.3) is 0 Å². The van der Waals surface area contributed by atoms with Crippen LogP contribution in [0.4, 0.5) is 5.69 Å². The van der Waals surface area contributed by atoms with Crippen molar-refractivity contribution in [1.29, 1.82) is 0 Å². The summed E-state index contributed by atoms with van der Waals surface area (Å²) in [6.07, 6.45) is 0. The standard InChI is InChI=1S/C14H17NOS/c1-10-3-6-12(7-4-10)15-13(9-16)14-8-5-11(2)17-14/h3-8,13,15-16H,9H2,1-2H3. The fourth-order valence-corrected chi connectivity index (χ4v) is 2.62. The van der Waals surface area contributed by atoms with Crippen molar-refractivity contribution in [3.8, 4) is 0 Å². The van der Waals surface area contributed by atoms with Crippen LogP contribution in [0.3, 0.4) is 0 Å². The molecule has 1 unspecified atom stereocenters. The van der Waals surface area contributed by atoms with Gasteiger partial charge in [0.2, 0.25) is 0 Å². The molecular weight excluding hydrogens is 230 g/mol. The molecule has 0 fully saturated rings. The number of anilines is 1. The summed E-state index contributed by atoms with van der Waals surface area (Å²) in [5, 5.41) is 12.8. The number of rotatable bonds is 4. The number of aliphatic hydroxyl groups excluding tert-OH is 1. The molecule has 0 aliphatic rings. The summed E-state index contributed by atoms with van der Waals surface area (Å²) in [5.74, 6) is 0. The summed E-state index contributed by atoms with van der Waals surface area (Å²) in [6, 6.07) is 12.3. The average molecular weight is 247 g/mol. The van der Waals surface area contributed by atoms with E-state index in [-0.39, 0.29) is 12.6 Å². The molecule has 2 rings (SSSR count). The van der Waals surface area contributed by atoms with Crippen LogP contribution in [0.2, 0.25) is 0 Å². The van der Waals surface area contributed by atoms with E-state index in [1.54, 1.807) is 11.3 Å². The van der Waals surface area contributed by atoms with Crippen LogP contribution < -0.4 is 5.32 Å². The Morgan fingerprint density at radius 3 is 2.35 bits per heavy atom. The Bertz CT molecular complexity index is 475. The topological polar surface area (TPSA) is 32.3 Å². The van der Waals surface area contributed by atoms with E-state index in [2.05, 4.69) is 43.4 Å². The third-order valence-corrected chi connectivity index (χ3v) is 3.79. The smallest absolute Gasteiger partial charge is 0.0837 e. The Labute approximate surface area is 106 Å². The second kappa shape index (κ2) is 5.34. The van der Waals surface area contributed by atoms with Gasteiger partial charge in [-0.2, -0.15) is 0 Å². The van der Waals surface area contributed by atoms with Gasteiger partial charge in [0.05, 0.1) is 12.6 Å².